The first kappa shape index (κ1) is 37.2. The molecular formula is C34H54N4O7Si. The lowest BCUT2D eigenvalue weighted by Crippen LogP contribution is -2.60. The van der Waals surface area contributed by atoms with Gasteiger partial charge in [0, 0.05) is 25.4 Å². The van der Waals surface area contributed by atoms with Crippen LogP contribution in [0, 0.1) is 11.8 Å². The van der Waals surface area contributed by atoms with Gasteiger partial charge in [-0.05, 0) is 62.2 Å². The summed E-state index contributed by atoms with van der Waals surface area (Å²) in [6.07, 6.45) is 0.735. The zero-order chi connectivity index (χ0) is 34.4. The third-order valence-electron chi connectivity index (χ3n) is 9.83. The van der Waals surface area contributed by atoms with Crippen LogP contribution >= 0.6 is 0 Å². The van der Waals surface area contributed by atoms with E-state index in [2.05, 4.69) is 39.2 Å². The molecule has 2 fully saturated rings. The number of benzene rings is 1. The zero-order valence-electron chi connectivity index (χ0n) is 28.8. The van der Waals surface area contributed by atoms with Gasteiger partial charge in [0.2, 0.25) is 17.7 Å². The number of ketones is 1. The summed E-state index contributed by atoms with van der Waals surface area (Å²) in [5.74, 6) is -2.13. The molecule has 2 aliphatic rings. The van der Waals surface area contributed by atoms with E-state index in [0.29, 0.717) is 38.8 Å². The number of carbonyl (C=O) groups excluding carboxylic acids is 5. The molecule has 12 heteroatoms. The number of amides is 4. The Kier molecular flexibility index (Phi) is 12.6. The van der Waals surface area contributed by atoms with Gasteiger partial charge in [-0.15, -0.1) is 0 Å². The summed E-state index contributed by atoms with van der Waals surface area (Å²) >= 11 is 0. The predicted molar refractivity (Wildman–Crippen MR) is 178 cm³/mol. The molecule has 1 aromatic rings. The number of nitrogens with one attached hydrogen (secondary N) is 1. The van der Waals surface area contributed by atoms with Crippen LogP contribution in [0.25, 0.3) is 0 Å². The highest BCUT2D eigenvalue weighted by Gasteiger charge is 2.46. The van der Waals surface area contributed by atoms with Crippen molar-refractivity contribution in [3.05, 3.63) is 35.9 Å². The monoisotopic (exact) mass is 658 g/mol. The van der Waals surface area contributed by atoms with Crippen LogP contribution in [0.15, 0.2) is 30.3 Å². The van der Waals surface area contributed by atoms with Gasteiger partial charge in [0.15, 0.2) is 14.1 Å². The summed E-state index contributed by atoms with van der Waals surface area (Å²) in [7, 11) is -2.36. The molecule has 4 amide bonds. The van der Waals surface area contributed by atoms with Gasteiger partial charge in [0.25, 0.3) is 0 Å². The number of nitrogens with two attached hydrogens (primary N) is 1. The Balaban J connectivity index is 1.81. The molecule has 0 saturated carbocycles. The highest BCUT2D eigenvalue weighted by molar-refractivity contribution is 6.74. The number of carbonyl (C=O) groups is 5. The molecule has 5 atom stereocenters. The van der Waals surface area contributed by atoms with Crippen LogP contribution in [0.4, 0.5) is 4.79 Å². The van der Waals surface area contributed by atoms with Gasteiger partial charge < -0.3 is 30.0 Å². The molecule has 0 radical (unpaired) electrons. The van der Waals surface area contributed by atoms with E-state index in [-0.39, 0.29) is 35.7 Å². The van der Waals surface area contributed by atoms with Gasteiger partial charge in [-0.2, -0.15) is 0 Å². The van der Waals surface area contributed by atoms with Crippen molar-refractivity contribution in [3.63, 3.8) is 0 Å². The van der Waals surface area contributed by atoms with E-state index in [4.69, 9.17) is 14.9 Å². The van der Waals surface area contributed by atoms with Crippen molar-refractivity contribution >= 4 is 37.9 Å². The lowest BCUT2D eigenvalue weighted by molar-refractivity contribution is -0.148. The van der Waals surface area contributed by atoms with E-state index < -0.39 is 56.4 Å². The van der Waals surface area contributed by atoms with E-state index in [0.717, 1.165) is 5.56 Å². The van der Waals surface area contributed by atoms with Crippen molar-refractivity contribution in [1.82, 2.24) is 15.1 Å². The number of rotatable bonds is 13. The number of alkyl carbamates (subject to hydrolysis) is 1. The fourth-order valence-electron chi connectivity index (χ4n) is 6.02. The topological polar surface area (TPSA) is 148 Å². The number of Topliss-reactive ketones (excluding diaryl/α,β-unsaturated/α-hetero) is 1. The first-order valence-corrected chi connectivity index (χ1v) is 19.4. The Morgan fingerprint density at radius 3 is 2.11 bits per heavy atom. The van der Waals surface area contributed by atoms with E-state index in [1.54, 1.807) is 11.8 Å². The van der Waals surface area contributed by atoms with Crippen molar-refractivity contribution in [1.29, 1.82) is 0 Å². The maximum absolute atomic E-state index is 14.3. The Hall–Kier alpha value is -3.25. The molecule has 46 heavy (non-hydrogen) atoms. The number of hydrogen-bond acceptors (Lipinski definition) is 7. The molecular weight excluding hydrogens is 604 g/mol. The molecule has 11 nitrogen and oxygen atoms in total. The maximum atomic E-state index is 14.3. The van der Waals surface area contributed by atoms with Crippen molar-refractivity contribution in [2.75, 3.05) is 13.1 Å². The van der Waals surface area contributed by atoms with Crippen LogP contribution in [0.3, 0.4) is 0 Å². The van der Waals surface area contributed by atoms with Crippen molar-refractivity contribution in [3.8, 4) is 0 Å². The van der Waals surface area contributed by atoms with E-state index >= 15 is 0 Å². The minimum atomic E-state index is -2.36. The largest absolute Gasteiger partial charge is 0.445 e. The predicted octanol–water partition coefficient (Wildman–Crippen LogP) is 4.39. The van der Waals surface area contributed by atoms with Crippen LogP contribution in [0.2, 0.25) is 18.1 Å². The molecule has 0 spiro atoms. The molecule has 0 aromatic heterocycles. The minimum absolute atomic E-state index is 0.0197. The van der Waals surface area contributed by atoms with Crippen LogP contribution in [0.1, 0.15) is 79.2 Å². The normalized spacial score (nSPS) is 20.7. The number of nitrogens with zero attached hydrogens (tertiary/aromatic N) is 2. The number of hydrogen-bond donors (Lipinski definition) is 2. The molecule has 3 rings (SSSR count). The van der Waals surface area contributed by atoms with Gasteiger partial charge in [-0.25, -0.2) is 4.79 Å². The zero-order valence-corrected chi connectivity index (χ0v) is 29.8. The van der Waals surface area contributed by atoms with Crippen molar-refractivity contribution < 1.29 is 33.1 Å². The number of primary amides is 1. The summed E-state index contributed by atoms with van der Waals surface area (Å²) in [4.78, 5) is 69.8. The maximum Gasteiger partial charge on any atom is 0.408 e. The Bertz CT molecular complexity index is 1250. The molecule has 0 aliphatic carbocycles. The molecule has 2 aliphatic heterocycles. The van der Waals surface area contributed by atoms with Gasteiger partial charge in [-0.1, -0.05) is 65.0 Å². The van der Waals surface area contributed by atoms with Crippen LogP contribution < -0.4 is 11.1 Å². The second-order valence-electron chi connectivity index (χ2n) is 14.6. The lowest BCUT2D eigenvalue weighted by Gasteiger charge is -2.41. The van der Waals surface area contributed by atoms with Gasteiger partial charge in [-0.3, -0.25) is 19.2 Å². The highest BCUT2D eigenvalue weighted by atomic mass is 28.4. The molecule has 1 aromatic carbocycles. The smallest absolute Gasteiger partial charge is 0.408 e. The Labute approximate surface area is 275 Å². The van der Waals surface area contributed by atoms with Crippen molar-refractivity contribution in [2.24, 2.45) is 17.6 Å². The second kappa shape index (κ2) is 15.6. The summed E-state index contributed by atoms with van der Waals surface area (Å²) in [6.45, 7) is 16.7. The first-order chi connectivity index (χ1) is 21.4. The Morgan fingerprint density at radius 2 is 1.54 bits per heavy atom. The number of likely N-dealkylation sites (tertiary alicyclic amines) is 2. The summed E-state index contributed by atoms with van der Waals surface area (Å²) in [6, 6.07) is 6.72. The van der Waals surface area contributed by atoms with Crippen LogP contribution in [-0.2, 0) is 34.9 Å². The quantitative estimate of drug-likeness (QED) is 0.299. The first-order valence-electron chi connectivity index (χ1n) is 16.5. The molecule has 2 saturated heterocycles. The fourth-order valence-corrected chi connectivity index (χ4v) is 7.44. The molecule has 0 bridgehead atoms. The third kappa shape index (κ3) is 9.18. The summed E-state index contributed by atoms with van der Waals surface area (Å²) < 4.78 is 12.0. The highest BCUT2D eigenvalue weighted by Crippen LogP contribution is 2.38. The van der Waals surface area contributed by atoms with Crippen LogP contribution in [0.5, 0.6) is 0 Å². The standard InChI is InChI=1S/C34H54N4O7Si/c1-22(2)25(30(35)40)20-28(39)26-16-12-18-37(26)31(41)27-17-13-19-38(27)32(42)29(23(3)45-46(7,8)34(4,5)6)36-33(43)44-21-24-14-10-9-11-15-24/h9-11,14-15,22-23,25-27,29H,12-13,16-21H2,1-8H3,(H2,35,40)(H,36,43)/t23-,25+,26+,27+,29+/m1/s1. The molecule has 3 N–H and O–H groups in total. The lowest BCUT2D eigenvalue weighted by atomic mass is 9.88. The SMILES string of the molecule is CC(C)[C@H](CC(=O)[C@@H]1CCCN1C(=O)[C@@H]1CCCN1C(=O)[C@@H](NC(=O)OCc1ccccc1)[C@@H](C)O[Si](C)(C)C(C)(C)C)C(N)=O. The van der Waals surface area contributed by atoms with Crippen LogP contribution in [-0.4, -0.2) is 85.0 Å². The average Bonchev–Trinajstić information content (AvgIpc) is 3.67. The fraction of sp³-hybridized carbons (Fsp3) is 0.676. The number of ether oxygens (including phenoxy) is 1. The van der Waals surface area contributed by atoms with Gasteiger partial charge >= 0.3 is 6.09 Å². The summed E-state index contributed by atoms with van der Waals surface area (Å²) in [5.41, 5.74) is 6.37. The van der Waals surface area contributed by atoms with Gasteiger partial charge in [0.05, 0.1) is 12.1 Å². The van der Waals surface area contributed by atoms with E-state index in [1.807, 2.05) is 44.2 Å². The molecule has 2 heterocycles. The van der Waals surface area contributed by atoms with Gasteiger partial charge in [0.1, 0.15) is 18.7 Å². The Morgan fingerprint density at radius 1 is 0.957 bits per heavy atom. The molecule has 0 unspecified atom stereocenters. The van der Waals surface area contributed by atoms with E-state index in [9.17, 15) is 24.0 Å². The van der Waals surface area contributed by atoms with E-state index in [1.165, 1.54) is 4.90 Å². The second-order valence-corrected chi connectivity index (χ2v) is 19.3. The van der Waals surface area contributed by atoms with Crippen molar-refractivity contribution in [2.45, 2.75) is 123 Å². The minimum Gasteiger partial charge on any atom is -0.445 e. The molecule has 256 valence electrons. The third-order valence-corrected chi connectivity index (χ3v) is 14.4. The summed E-state index contributed by atoms with van der Waals surface area (Å²) in [5, 5.41) is 2.61. The average molecular weight is 659 g/mol.